The lowest BCUT2D eigenvalue weighted by molar-refractivity contribution is 0.0696. The highest BCUT2D eigenvalue weighted by Gasteiger charge is 2.13. The van der Waals surface area contributed by atoms with Gasteiger partial charge in [-0.05, 0) is 31.0 Å². The number of rotatable bonds is 6. The van der Waals surface area contributed by atoms with Gasteiger partial charge >= 0.3 is 11.9 Å². The highest BCUT2D eigenvalue weighted by Crippen LogP contribution is 2.13. The minimum atomic E-state index is -1.11. The molecule has 5 heteroatoms. The van der Waals surface area contributed by atoms with Crippen molar-refractivity contribution >= 4 is 11.9 Å². The summed E-state index contributed by atoms with van der Waals surface area (Å²) in [6.07, 6.45) is 4.68. The molecule has 0 unspecified atom stereocenters. The molecule has 0 aliphatic rings. The number of aromatic carboxylic acids is 2. The zero-order valence-corrected chi connectivity index (χ0v) is 11.9. The van der Waals surface area contributed by atoms with Crippen molar-refractivity contribution in [3.63, 3.8) is 0 Å². The van der Waals surface area contributed by atoms with Crippen molar-refractivity contribution in [2.45, 2.75) is 39.5 Å². The van der Waals surface area contributed by atoms with Gasteiger partial charge in [-0.1, -0.05) is 32.3 Å². The molecule has 1 aromatic rings. The molecular formula is C15H22O5. The first-order valence-corrected chi connectivity index (χ1v) is 6.62. The van der Waals surface area contributed by atoms with Crippen LogP contribution in [0.4, 0.5) is 0 Å². The quantitative estimate of drug-likeness (QED) is 0.697. The second-order valence-electron chi connectivity index (χ2n) is 4.37. The van der Waals surface area contributed by atoms with Gasteiger partial charge in [-0.25, -0.2) is 9.59 Å². The van der Waals surface area contributed by atoms with Gasteiger partial charge in [0.2, 0.25) is 0 Å². The number of carbonyl (C=O) groups is 2. The average Bonchev–Trinajstić information content (AvgIpc) is 2.39. The van der Waals surface area contributed by atoms with Crippen LogP contribution in [0.5, 0.6) is 0 Å². The molecule has 1 aromatic carbocycles. The van der Waals surface area contributed by atoms with Crippen LogP contribution < -0.4 is 0 Å². The fourth-order valence-corrected chi connectivity index (χ4v) is 1.64. The Morgan fingerprint density at radius 2 is 1.50 bits per heavy atom. The van der Waals surface area contributed by atoms with E-state index in [4.69, 9.17) is 15.3 Å². The molecule has 0 fully saturated rings. The van der Waals surface area contributed by atoms with E-state index in [2.05, 4.69) is 6.92 Å². The molecule has 112 valence electrons. The molecule has 0 aromatic heterocycles. The van der Waals surface area contributed by atoms with Crippen LogP contribution >= 0.6 is 0 Å². The molecule has 0 amide bonds. The van der Waals surface area contributed by atoms with Gasteiger partial charge in [0.05, 0.1) is 11.1 Å². The Labute approximate surface area is 118 Å². The maximum absolute atomic E-state index is 10.6. The van der Waals surface area contributed by atoms with Crippen molar-refractivity contribution in [2.24, 2.45) is 0 Å². The summed E-state index contributed by atoms with van der Waals surface area (Å²) in [4.78, 5) is 21.2. The van der Waals surface area contributed by atoms with Gasteiger partial charge < -0.3 is 15.3 Å². The Balaban J connectivity index is 0.000000441. The third-order valence-corrected chi connectivity index (χ3v) is 2.81. The van der Waals surface area contributed by atoms with E-state index in [1.54, 1.807) is 0 Å². The van der Waals surface area contributed by atoms with Crippen molar-refractivity contribution in [2.75, 3.05) is 6.61 Å². The normalized spacial score (nSPS) is 9.55. The number of aliphatic hydroxyl groups is 1. The minimum Gasteiger partial charge on any atom is -0.478 e. The molecule has 0 saturated heterocycles. The van der Waals surface area contributed by atoms with Crippen LogP contribution in [0.1, 0.15) is 58.9 Å². The maximum Gasteiger partial charge on any atom is 0.335 e. The van der Waals surface area contributed by atoms with E-state index >= 15 is 0 Å². The zero-order chi connectivity index (χ0) is 15.5. The van der Waals surface area contributed by atoms with Crippen LogP contribution in [-0.2, 0) is 0 Å². The summed E-state index contributed by atoms with van der Waals surface area (Å²) in [6.45, 7) is 4.00. The number of aliphatic hydroxyl groups excluding tert-OH is 1. The Hall–Kier alpha value is -1.88. The Kier molecular flexibility index (Phi) is 9.04. The van der Waals surface area contributed by atoms with Crippen LogP contribution in [0.15, 0.2) is 18.2 Å². The van der Waals surface area contributed by atoms with Crippen LogP contribution in [0, 0.1) is 6.92 Å². The molecule has 3 N–H and O–H groups in total. The monoisotopic (exact) mass is 282 g/mol. The van der Waals surface area contributed by atoms with E-state index in [-0.39, 0.29) is 16.7 Å². The molecule has 0 bridgehead atoms. The smallest absolute Gasteiger partial charge is 0.335 e. The molecule has 0 radical (unpaired) electrons. The van der Waals surface area contributed by atoms with Gasteiger partial charge in [0.1, 0.15) is 0 Å². The maximum atomic E-state index is 10.6. The molecule has 0 saturated carbocycles. The summed E-state index contributed by atoms with van der Waals surface area (Å²) in [6, 6.07) is 4.17. The Morgan fingerprint density at radius 1 is 1.00 bits per heavy atom. The lowest BCUT2D eigenvalue weighted by Gasteiger charge is -2.03. The first-order valence-electron chi connectivity index (χ1n) is 6.62. The van der Waals surface area contributed by atoms with Crippen LogP contribution in [0.2, 0.25) is 0 Å². The number of carboxylic acids is 2. The first-order chi connectivity index (χ1) is 9.45. The van der Waals surface area contributed by atoms with Crippen molar-refractivity contribution in [1.29, 1.82) is 0 Å². The van der Waals surface area contributed by atoms with Crippen molar-refractivity contribution in [3.05, 3.63) is 34.9 Å². The van der Waals surface area contributed by atoms with E-state index in [1.807, 2.05) is 0 Å². The summed E-state index contributed by atoms with van der Waals surface area (Å²) in [5.41, 5.74) is 0.335. The standard InChI is InChI=1S/C9H8O4.C6H14O/c1-5-6(8(10)11)3-2-4-7(5)9(12)13;1-2-3-4-5-6-7/h2-4H,1H3,(H,10,11)(H,12,13);7H,2-6H2,1H3. The van der Waals surface area contributed by atoms with Crippen LogP contribution in [0.3, 0.4) is 0 Å². The van der Waals surface area contributed by atoms with Gasteiger partial charge in [-0.3, -0.25) is 0 Å². The van der Waals surface area contributed by atoms with E-state index < -0.39 is 11.9 Å². The van der Waals surface area contributed by atoms with Gasteiger partial charge in [-0.2, -0.15) is 0 Å². The molecule has 1 rings (SSSR count). The van der Waals surface area contributed by atoms with Crippen molar-refractivity contribution in [3.8, 4) is 0 Å². The molecular weight excluding hydrogens is 260 g/mol. The van der Waals surface area contributed by atoms with Crippen molar-refractivity contribution < 1.29 is 24.9 Å². The predicted octanol–water partition coefficient (Wildman–Crippen LogP) is 2.95. The zero-order valence-electron chi connectivity index (χ0n) is 11.9. The molecule has 0 atom stereocenters. The van der Waals surface area contributed by atoms with E-state index in [0.717, 1.165) is 6.42 Å². The second-order valence-corrected chi connectivity index (χ2v) is 4.37. The largest absolute Gasteiger partial charge is 0.478 e. The summed E-state index contributed by atoms with van der Waals surface area (Å²) in [5, 5.41) is 25.7. The summed E-state index contributed by atoms with van der Waals surface area (Å²) >= 11 is 0. The summed E-state index contributed by atoms with van der Waals surface area (Å²) in [5.74, 6) is -2.22. The highest BCUT2D eigenvalue weighted by atomic mass is 16.4. The van der Waals surface area contributed by atoms with Gasteiger partial charge in [-0.15, -0.1) is 0 Å². The van der Waals surface area contributed by atoms with E-state index in [9.17, 15) is 9.59 Å². The first kappa shape index (κ1) is 18.1. The summed E-state index contributed by atoms with van der Waals surface area (Å²) in [7, 11) is 0. The SMILES string of the molecule is CCCCCCO.Cc1c(C(=O)O)cccc1C(=O)O. The number of hydrogen-bond acceptors (Lipinski definition) is 3. The number of unbranched alkanes of at least 4 members (excludes halogenated alkanes) is 3. The van der Waals surface area contributed by atoms with Gasteiger partial charge in [0.15, 0.2) is 0 Å². The summed E-state index contributed by atoms with van der Waals surface area (Å²) < 4.78 is 0. The topological polar surface area (TPSA) is 94.8 Å². The average molecular weight is 282 g/mol. The van der Waals surface area contributed by atoms with Crippen molar-refractivity contribution in [1.82, 2.24) is 0 Å². The van der Waals surface area contributed by atoms with Gasteiger partial charge in [0.25, 0.3) is 0 Å². The van der Waals surface area contributed by atoms with Crippen LogP contribution in [-0.4, -0.2) is 33.9 Å². The third-order valence-electron chi connectivity index (χ3n) is 2.81. The molecule has 5 nitrogen and oxygen atoms in total. The van der Waals surface area contributed by atoms with Gasteiger partial charge in [0, 0.05) is 6.61 Å². The fourth-order valence-electron chi connectivity index (χ4n) is 1.64. The lowest BCUT2D eigenvalue weighted by atomic mass is 10.0. The minimum absolute atomic E-state index is 0.0277. The van der Waals surface area contributed by atoms with Crippen LogP contribution in [0.25, 0.3) is 0 Å². The number of carboxylic acid groups (broad SMARTS) is 2. The Bertz CT molecular complexity index is 404. The highest BCUT2D eigenvalue weighted by molar-refractivity contribution is 5.96. The van der Waals surface area contributed by atoms with E-state index in [0.29, 0.717) is 6.61 Å². The third kappa shape index (κ3) is 6.33. The number of benzene rings is 1. The molecule has 20 heavy (non-hydrogen) atoms. The molecule has 0 aliphatic carbocycles. The Morgan fingerprint density at radius 3 is 1.85 bits per heavy atom. The predicted molar refractivity (Wildman–Crippen MR) is 76.3 cm³/mol. The number of hydrogen-bond donors (Lipinski definition) is 3. The second kappa shape index (κ2) is 9.97. The molecule has 0 heterocycles. The molecule has 0 aliphatic heterocycles. The lowest BCUT2D eigenvalue weighted by Crippen LogP contribution is -2.06. The van der Waals surface area contributed by atoms with E-state index in [1.165, 1.54) is 44.4 Å². The molecule has 0 spiro atoms. The fraction of sp³-hybridized carbons (Fsp3) is 0.467.